The van der Waals surface area contributed by atoms with Crippen LogP contribution in [-0.2, 0) is 14.2 Å². The summed E-state index contributed by atoms with van der Waals surface area (Å²) >= 11 is 0. The zero-order valence-corrected chi connectivity index (χ0v) is 10.6. The molecule has 2 unspecified atom stereocenters. The topological polar surface area (TPSA) is 27.7 Å². The fraction of sp³-hybridized carbons (Fsp3) is 1.00. The van der Waals surface area contributed by atoms with Gasteiger partial charge in [-0.25, -0.2) is 4.39 Å². The summed E-state index contributed by atoms with van der Waals surface area (Å²) in [4.78, 5) is 0. The molecular formula is C13H23FO3. The number of rotatable bonds is 4. The minimum absolute atomic E-state index is 0.0704. The molecule has 0 radical (unpaired) electrons. The molecular weight excluding hydrogens is 223 g/mol. The smallest absolute Gasteiger partial charge is 0.157 e. The predicted molar refractivity (Wildman–Crippen MR) is 62.6 cm³/mol. The van der Waals surface area contributed by atoms with Gasteiger partial charge < -0.3 is 14.2 Å². The maximum absolute atomic E-state index is 13.0. The summed E-state index contributed by atoms with van der Waals surface area (Å²) in [5, 5.41) is 0. The van der Waals surface area contributed by atoms with Crippen molar-refractivity contribution in [3.63, 3.8) is 0 Å². The van der Waals surface area contributed by atoms with Gasteiger partial charge in [0, 0.05) is 7.11 Å². The lowest BCUT2D eigenvalue weighted by Crippen LogP contribution is -2.34. The van der Waals surface area contributed by atoms with Crippen molar-refractivity contribution in [2.24, 2.45) is 0 Å². The molecule has 0 bridgehead atoms. The van der Waals surface area contributed by atoms with Crippen LogP contribution in [0.1, 0.15) is 44.9 Å². The van der Waals surface area contributed by atoms with Crippen LogP contribution in [0.15, 0.2) is 0 Å². The molecule has 2 fully saturated rings. The third kappa shape index (κ3) is 4.19. The van der Waals surface area contributed by atoms with E-state index in [1.165, 1.54) is 0 Å². The Hall–Kier alpha value is -0.190. The number of hydrogen-bond acceptors (Lipinski definition) is 3. The molecule has 2 rings (SSSR count). The second-order valence-electron chi connectivity index (χ2n) is 5.06. The van der Waals surface area contributed by atoms with Crippen molar-refractivity contribution in [3.8, 4) is 0 Å². The lowest BCUT2D eigenvalue weighted by molar-refractivity contribution is -0.197. The maximum Gasteiger partial charge on any atom is 0.157 e. The van der Waals surface area contributed by atoms with Gasteiger partial charge >= 0.3 is 0 Å². The van der Waals surface area contributed by atoms with Crippen LogP contribution in [0.5, 0.6) is 0 Å². The Kier molecular flexibility index (Phi) is 5.19. The van der Waals surface area contributed by atoms with Gasteiger partial charge in [0.05, 0.1) is 18.8 Å². The first-order valence-electron chi connectivity index (χ1n) is 6.72. The Labute approximate surface area is 103 Å². The Bertz CT molecular complexity index is 217. The van der Waals surface area contributed by atoms with E-state index in [2.05, 4.69) is 0 Å². The molecule has 1 saturated carbocycles. The van der Waals surface area contributed by atoms with E-state index in [4.69, 9.17) is 14.2 Å². The summed E-state index contributed by atoms with van der Waals surface area (Å²) in [6.07, 6.45) is 5.84. The predicted octanol–water partition coefficient (Wildman–Crippen LogP) is 2.83. The van der Waals surface area contributed by atoms with E-state index in [0.717, 1.165) is 32.1 Å². The van der Waals surface area contributed by atoms with Gasteiger partial charge in [0.2, 0.25) is 0 Å². The number of hydrogen-bond donors (Lipinski definition) is 0. The molecule has 0 N–H and O–H groups in total. The summed E-state index contributed by atoms with van der Waals surface area (Å²) in [6, 6.07) is 0. The normalized spacial score (nSPS) is 39.2. The minimum Gasteiger partial charge on any atom is -0.376 e. The summed E-state index contributed by atoms with van der Waals surface area (Å²) in [5.74, 6) is 0. The molecule has 0 aromatic carbocycles. The fourth-order valence-electron chi connectivity index (χ4n) is 2.59. The highest BCUT2D eigenvalue weighted by Crippen LogP contribution is 2.25. The zero-order chi connectivity index (χ0) is 12.1. The van der Waals surface area contributed by atoms with Crippen LogP contribution in [0, 0.1) is 0 Å². The quantitative estimate of drug-likeness (QED) is 0.763. The van der Waals surface area contributed by atoms with Crippen LogP contribution in [0.25, 0.3) is 0 Å². The molecule has 1 aliphatic carbocycles. The van der Waals surface area contributed by atoms with E-state index >= 15 is 0 Å². The molecule has 17 heavy (non-hydrogen) atoms. The Morgan fingerprint density at radius 2 is 1.88 bits per heavy atom. The number of methoxy groups -OCH3 is 1. The first-order chi connectivity index (χ1) is 8.28. The Balaban J connectivity index is 1.64. The molecule has 2 aliphatic rings. The van der Waals surface area contributed by atoms with Gasteiger partial charge in [-0.1, -0.05) is 0 Å². The highest BCUT2D eigenvalue weighted by molar-refractivity contribution is 4.73. The third-order valence-electron chi connectivity index (χ3n) is 3.69. The van der Waals surface area contributed by atoms with E-state index in [1.807, 2.05) is 0 Å². The van der Waals surface area contributed by atoms with Crippen molar-refractivity contribution in [1.29, 1.82) is 0 Å². The maximum atomic E-state index is 13.0. The standard InChI is InChI=1S/C13H23FO3/c1-15-13-4-2-3-12(17-13)9-16-11-7-5-10(14)6-8-11/h10-13H,2-9H2,1H3. The van der Waals surface area contributed by atoms with Gasteiger partial charge in [-0.2, -0.15) is 0 Å². The molecule has 0 amide bonds. The fourth-order valence-corrected chi connectivity index (χ4v) is 2.59. The highest BCUT2D eigenvalue weighted by atomic mass is 19.1. The number of alkyl halides is 1. The van der Waals surface area contributed by atoms with Crippen molar-refractivity contribution >= 4 is 0 Å². The zero-order valence-electron chi connectivity index (χ0n) is 10.6. The first kappa shape index (κ1) is 13.2. The molecule has 1 heterocycles. The van der Waals surface area contributed by atoms with E-state index < -0.39 is 6.17 Å². The Morgan fingerprint density at radius 1 is 1.12 bits per heavy atom. The van der Waals surface area contributed by atoms with Crippen LogP contribution in [0.3, 0.4) is 0 Å². The summed E-state index contributed by atoms with van der Waals surface area (Å²) in [7, 11) is 1.68. The number of halogens is 1. The van der Waals surface area contributed by atoms with Crippen LogP contribution < -0.4 is 0 Å². The number of ether oxygens (including phenoxy) is 3. The largest absolute Gasteiger partial charge is 0.376 e. The minimum atomic E-state index is -0.612. The van der Waals surface area contributed by atoms with E-state index in [-0.39, 0.29) is 18.5 Å². The van der Waals surface area contributed by atoms with Gasteiger partial charge in [0.25, 0.3) is 0 Å². The highest BCUT2D eigenvalue weighted by Gasteiger charge is 2.25. The van der Waals surface area contributed by atoms with Crippen molar-refractivity contribution in [1.82, 2.24) is 0 Å². The second kappa shape index (κ2) is 6.66. The molecule has 1 aliphatic heterocycles. The van der Waals surface area contributed by atoms with Crippen LogP contribution >= 0.6 is 0 Å². The molecule has 100 valence electrons. The molecule has 0 spiro atoms. The lowest BCUT2D eigenvalue weighted by atomic mass is 9.96. The van der Waals surface area contributed by atoms with Crippen LogP contribution in [0.2, 0.25) is 0 Å². The summed E-state index contributed by atoms with van der Waals surface area (Å²) in [5.41, 5.74) is 0. The van der Waals surface area contributed by atoms with Crippen molar-refractivity contribution in [3.05, 3.63) is 0 Å². The molecule has 2 atom stereocenters. The van der Waals surface area contributed by atoms with Crippen molar-refractivity contribution in [2.45, 2.75) is 69.6 Å². The van der Waals surface area contributed by atoms with Gasteiger partial charge in [-0.3, -0.25) is 0 Å². The SMILES string of the molecule is COC1CCCC(COC2CCC(F)CC2)O1. The van der Waals surface area contributed by atoms with Crippen LogP contribution in [-0.4, -0.2) is 38.4 Å². The van der Waals surface area contributed by atoms with Gasteiger partial charge in [0.15, 0.2) is 6.29 Å². The monoisotopic (exact) mass is 246 g/mol. The van der Waals surface area contributed by atoms with Gasteiger partial charge in [-0.15, -0.1) is 0 Å². The average molecular weight is 246 g/mol. The van der Waals surface area contributed by atoms with Crippen molar-refractivity contribution in [2.75, 3.05) is 13.7 Å². The first-order valence-corrected chi connectivity index (χ1v) is 6.72. The van der Waals surface area contributed by atoms with Crippen molar-refractivity contribution < 1.29 is 18.6 Å². The summed E-state index contributed by atoms with van der Waals surface area (Å²) in [6.45, 7) is 0.626. The van der Waals surface area contributed by atoms with Crippen LogP contribution in [0.4, 0.5) is 4.39 Å². The molecule has 0 aromatic heterocycles. The van der Waals surface area contributed by atoms with E-state index in [1.54, 1.807) is 7.11 Å². The van der Waals surface area contributed by atoms with Gasteiger partial charge in [0.1, 0.15) is 6.17 Å². The third-order valence-corrected chi connectivity index (χ3v) is 3.69. The molecule has 4 heteroatoms. The van der Waals surface area contributed by atoms with E-state index in [0.29, 0.717) is 19.4 Å². The molecule has 0 aromatic rings. The van der Waals surface area contributed by atoms with E-state index in [9.17, 15) is 4.39 Å². The Morgan fingerprint density at radius 3 is 2.59 bits per heavy atom. The summed E-state index contributed by atoms with van der Waals surface area (Å²) < 4.78 is 29.7. The molecule has 1 saturated heterocycles. The van der Waals surface area contributed by atoms with Gasteiger partial charge in [-0.05, 0) is 44.9 Å². The molecule has 3 nitrogen and oxygen atoms in total. The average Bonchev–Trinajstić information content (AvgIpc) is 2.38. The second-order valence-corrected chi connectivity index (χ2v) is 5.06. The lowest BCUT2D eigenvalue weighted by Gasteiger charge is -2.31.